The van der Waals surface area contributed by atoms with E-state index in [0.29, 0.717) is 17.0 Å². The molecule has 37 heavy (non-hydrogen) atoms. The predicted molar refractivity (Wildman–Crippen MR) is 144 cm³/mol. The molecule has 3 atom stereocenters. The zero-order valence-electron chi connectivity index (χ0n) is 20.6. The van der Waals surface area contributed by atoms with Gasteiger partial charge in [0, 0.05) is 18.7 Å². The van der Waals surface area contributed by atoms with Crippen molar-refractivity contribution in [2.24, 2.45) is 0 Å². The average molecular weight is 555 g/mol. The average Bonchev–Trinajstić information content (AvgIpc) is 3.28. The number of alkyl halides is 3. The Kier molecular flexibility index (Phi) is 9.06. The fourth-order valence-electron chi connectivity index (χ4n) is 5.54. The molecule has 0 aromatic heterocycles. The molecule has 0 spiro atoms. The first kappa shape index (κ1) is 29.1. The molecule has 0 bridgehead atoms. The van der Waals surface area contributed by atoms with Gasteiger partial charge in [0.15, 0.2) is 0 Å². The molecule has 4 nitrogen and oxygen atoms in total. The molecule has 9 heteroatoms. The highest BCUT2D eigenvalue weighted by molar-refractivity contribution is 5.85. The summed E-state index contributed by atoms with van der Waals surface area (Å²) < 4.78 is 55.6. The van der Waals surface area contributed by atoms with Crippen LogP contribution < -0.4 is 15.0 Å². The second-order valence-electron chi connectivity index (χ2n) is 9.18. The third-order valence-corrected chi connectivity index (χ3v) is 7.27. The Morgan fingerprint density at radius 1 is 1.00 bits per heavy atom. The maximum atomic E-state index is 14.8. The molecule has 1 fully saturated rings. The highest BCUT2D eigenvalue weighted by Gasteiger charge is 2.62. The number of piperidine rings is 1. The molecule has 5 rings (SSSR count). The first-order chi connectivity index (χ1) is 16.9. The summed E-state index contributed by atoms with van der Waals surface area (Å²) in [5.41, 5.74) is -0.0564. The molecule has 2 heterocycles. The Bertz CT molecular complexity index is 1180. The van der Waals surface area contributed by atoms with Crippen LogP contribution in [0.15, 0.2) is 72.8 Å². The van der Waals surface area contributed by atoms with Crippen LogP contribution in [0.2, 0.25) is 0 Å². The third kappa shape index (κ3) is 5.02. The lowest BCUT2D eigenvalue weighted by Crippen LogP contribution is -2.47. The van der Waals surface area contributed by atoms with Gasteiger partial charge in [-0.25, -0.2) is 0 Å². The van der Waals surface area contributed by atoms with Gasteiger partial charge in [-0.2, -0.15) is 13.2 Å². The molecule has 2 aliphatic heterocycles. The lowest BCUT2D eigenvalue weighted by Gasteiger charge is -2.41. The zero-order valence-corrected chi connectivity index (χ0v) is 22.3. The summed E-state index contributed by atoms with van der Waals surface area (Å²) in [7, 11) is 3.49. The zero-order chi connectivity index (χ0) is 24.6. The highest BCUT2D eigenvalue weighted by atomic mass is 35.5. The number of hydrogen-bond donors (Lipinski definition) is 1. The van der Waals surface area contributed by atoms with Gasteiger partial charge in [-0.15, -0.1) is 24.8 Å². The summed E-state index contributed by atoms with van der Waals surface area (Å²) >= 11 is 0. The van der Waals surface area contributed by atoms with E-state index < -0.39 is 11.8 Å². The molecule has 0 saturated carbocycles. The van der Waals surface area contributed by atoms with Crippen molar-refractivity contribution in [3.05, 3.63) is 95.1 Å². The topological polar surface area (TPSA) is 33.7 Å². The minimum Gasteiger partial charge on any atom is -0.495 e. The van der Waals surface area contributed by atoms with E-state index in [-0.39, 0.29) is 54.6 Å². The Morgan fingerprint density at radius 3 is 2.27 bits per heavy atom. The second-order valence-corrected chi connectivity index (χ2v) is 9.18. The number of halogens is 5. The Labute approximate surface area is 228 Å². The molecular formula is C28H31Cl2F3N2O2. The van der Waals surface area contributed by atoms with E-state index in [0.717, 1.165) is 24.9 Å². The number of fused-ring (bicyclic) bond motifs is 1. The SMILES string of the molecule is COc1cc2c(cc1N(C)[C@H]1CCCN[C@H]1c1ccccc1)C(c1ccccc1)(C(F)(F)F)OC2.Cl.Cl. The molecule has 0 amide bonds. The summed E-state index contributed by atoms with van der Waals surface area (Å²) in [6, 6.07) is 21.5. The van der Waals surface area contributed by atoms with E-state index in [2.05, 4.69) is 22.3 Å². The number of likely N-dealkylation sites (N-methyl/N-ethyl adjacent to an activating group) is 1. The van der Waals surface area contributed by atoms with Crippen LogP contribution in [-0.4, -0.2) is 32.9 Å². The number of hydrogen-bond acceptors (Lipinski definition) is 4. The van der Waals surface area contributed by atoms with Crippen LogP contribution in [0.1, 0.15) is 41.1 Å². The lowest BCUT2D eigenvalue weighted by atomic mass is 9.84. The maximum Gasteiger partial charge on any atom is 0.426 e. The molecule has 200 valence electrons. The Hall–Kier alpha value is -2.45. The second kappa shape index (κ2) is 11.5. The van der Waals surface area contributed by atoms with Crippen LogP contribution in [0.5, 0.6) is 5.75 Å². The Balaban J connectivity index is 0.00000190. The first-order valence-corrected chi connectivity index (χ1v) is 11.9. The first-order valence-electron chi connectivity index (χ1n) is 11.9. The molecular weight excluding hydrogens is 524 g/mol. The van der Waals surface area contributed by atoms with Crippen molar-refractivity contribution in [3.63, 3.8) is 0 Å². The van der Waals surface area contributed by atoms with Crippen molar-refractivity contribution in [3.8, 4) is 5.75 Å². The summed E-state index contributed by atoms with van der Waals surface area (Å²) in [6.07, 6.45) is -2.75. The van der Waals surface area contributed by atoms with Crippen LogP contribution in [0.3, 0.4) is 0 Å². The van der Waals surface area contributed by atoms with Gasteiger partial charge in [0.2, 0.25) is 5.60 Å². The largest absolute Gasteiger partial charge is 0.495 e. The number of nitrogens with one attached hydrogen (secondary N) is 1. The number of anilines is 1. The van der Waals surface area contributed by atoms with E-state index in [1.807, 2.05) is 25.2 Å². The standard InChI is InChI=1S/C28H29F3N2O2.2ClH/c1-33(23-14-9-15-32-26(23)19-10-5-3-6-11-19)24-17-22-20(16-25(24)34-2)18-35-27(22,28(29,30)31)21-12-7-4-8-13-21;;/h3-8,10-13,16-17,23,26,32H,9,14-15,18H2,1-2H3;2*1H/t23-,26-,27?;;/m0../s1. The van der Waals surface area contributed by atoms with E-state index in [1.165, 1.54) is 12.1 Å². The van der Waals surface area contributed by atoms with Crippen molar-refractivity contribution in [2.45, 2.75) is 43.3 Å². The maximum absolute atomic E-state index is 14.8. The summed E-state index contributed by atoms with van der Waals surface area (Å²) in [6.45, 7) is 0.756. The third-order valence-electron chi connectivity index (χ3n) is 7.27. The fraction of sp³-hybridized carbons (Fsp3) is 0.357. The van der Waals surface area contributed by atoms with Crippen LogP contribution in [0.4, 0.5) is 18.9 Å². The van der Waals surface area contributed by atoms with Crippen LogP contribution in [0.25, 0.3) is 0 Å². The van der Waals surface area contributed by atoms with Crippen molar-refractivity contribution in [1.29, 1.82) is 0 Å². The number of benzene rings is 3. The molecule has 3 aromatic rings. The van der Waals surface area contributed by atoms with Crippen molar-refractivity contribution in [2.75, 3.05) is 25.6 Å². The monoisotopic (exact) mass is 554 g/mol. The normalized spacial score (nSPS) is 22.8. The Morgan fingerprint density at radius 2 is 1.65 bits per heavy atom. The fourth-order valence-corrected chi connectivity index (χ4v) is 5.54. The van der Waals surface area contributed by atoms with E-state index >= 15 is 0 Å². The van der Waals surface area contributed by atoms with E-state index in [1.54, 1.807) is 37.4 Å². The molecule has 1 unspecified atom stereocenters. The predicted octanol–water partition coefficient (Wildman–Crippen LogP) is 6.80. The van der Waals surface area contributed by atoms with Crippen LogP contribution in [-0.2, 0) is 16.9 Å². The molecule has 0 radical (unpaired) electrons. The van der Waals surface area contributed by atoms with Gasteiger partial charge in [0.25, 0.3) is 0 Å². The smallest absolute Gasteiger partial charge is 0.426 e. The van der Waals surface area contributed by atoms with Gasteiger partial charge >= 0.3 is 6.18 Å². The van der Waals surface area contributed by atoms with Gasteiger partial charge < -0.3 is 19.7 Å². The number of nitrogens with zero attached hydrogens (tertiary/aromatic N) is 1. The lowest BCUT2D eigenvalue weighted by molar-refractivity contribution is -0.262. The van der Waals surface area contributed by atoms with Gasteiger partial charge in [-0.3, -0.25) is 0 Å². The summed E-state index contributed by atoms with van der Waals surface area (Å²) in [4.78, 5) is 2.06. The summed E-state index contributed by atoms with van der Waals surface area (Å²) in [5.74, 6) is 0.540. The van der Waals surface area contributed by atoms with Gasteiger partial charge in [0.1, 0.15) is 5.75 Å². The molecule has 2 aliphatic rings. The summed E-state index contributed by atoms with van der Waals surface area (Å²) in [5, 5.41) is 3.61. The molecule has 1 saturated heterocycles. The molecule has 3 aromatic carbocycles. The molecule has 1 N–H and O–H groups in total. The highest BCUT2D eigenvalue weighted by Crippen LogP contribution is 2.54. The van der Waals surface area contributed by atoms with Crippen LogP contribution >= 0.6 is 24.8 Å². The van der Waals surface area contributed by atoms with E-state index in [4.69, 9.17) is 9.47 Å². The number of rotatable bonds is 5. The number of methoxy groups -OCH3 is 1. The van der Waals surface area contributed by atoms with E-state index in [9.17, 15) is 13.2 Å². The van der Waals surface area contributed by atoms with Crippen molar-refractivity contribution < 1.29 is 22.6 Å². The quantitative estimate of drug-likeness (QED) is 0.376. The van der Waals surface area contributed by atoms with Gasteiger partial charge in [-0.1, -0.05) is 60.7 Å². The van der Waals surface area contributed by atoms with Gasteiger partial charge in [0.05, 0.1) is 25.4 Å². The minimum absolute atomic E-state index is 0. The van der Waals surface area contributed by atoms with Crippen LogP contribution in [0, 0.1) is 0 Å². The number of ether oxygens (including phenoxy) is 2. The minimum atomic E-state index is -4.64. The molecule has 0 aliphatic carbocycles. The van der Waals surface area contributed by atoms with Crippen molar-refractivity contribution >= 4 is 30.5 Å². The van der Waals surface area contributed by atoms with Crippen molar-refractivity contribution in [1.82, 2.24) is 5.32 Å². The van der Waals surface area contributed by atoms with Gasteiger partial charge in [-0.05, 0) is 48.2 Å².